The lowest BCUT2D eigenvalue weighted by Gasteiger charge is -2.09. The molecule has 0 aliphatic rings. The van der Waals surface area contributed by atoms with Crippen LogP contribution >= 0.6 is 0 Å². The summed E-state index contributed by atoms with van der Waals surface area (Å²) in [4.78, 5) is 24.6. The molecule has 5 rings (SSSR count). The van der Waals surface area contributed by atoms with Gasteiger partial charge in [-0.15, -0.1) is 0 Å². The minimum atomic E-state index is -0.760. The summed E-state index contributed by atoms with van der Waals surface area (Å²) in [5, 5.41) is 0.547. The minimum absolute atomic E-state index is 0.0658. The van der Waals surface area contributed by atoms with E-state index in [0.717, 1.165) is 23.3 Å². The van der Waals surface area contributed by atoms with Crippen molar-refractivity contribution in [3.05, 3.63) is 108 Å². The average Bonchev–Trinajstić information content (AvgIpc) is 3.27. The third-order valence-corrected chi connectivity index (χ3v) is 6.05. The molecule has 0 aliphatic heterocycles. The Balaban J connectivity index is 1.87. The predicted molar refractivity (Wildman–Crippen MR) is 134 cm³/mol. The number of ketones is 1. The number of rotatable bonds is 5. The highest BCUT2D eigenvalue weighted by Gasteiger charge is 2.25. The van der Waals surface area contributed by atoms with Crippen molar-refractivity contribution < 1.29 is 27.5 Å². The maximum Gasteiger partial charge on any atom is 0.341 e. The van der Waals surface area contributed by atoms with E-state index in [9.17, 15) is 18.4 Å². The molecule has 1 heterocycles. The molecule has 36 heavy (non-hydrogen) atoms. The van der Waals surface area contributed by atoms with E-state index >= 15 is 0 Å². The highest BCUT2D eigenvalue weighted by molar-refractivity contribution is 6.11. The molecule has 4 nitrogen and oxygen atoms in total. The number of fused-ring (bicyclic) bond motifs is 1. The normalized spacial score (nSPS) is 11.0. The molecule has 0 fully saturated rings. The third-order valence-electron chi connectivity index (χ3n) is 6.05. The molecule has 0 spiro atoms. The zero-order chi connectivity index (χ0) is 25.4. The monoisotopic (exact) mass is 482 g/mol. The van der Waals surface area contributed by atoms with Crippen molar-refractivity contribution in [3.8, 4) is 33.6 Å². The fourth-order valence-electron chi connectivity index (χ4n) is 4.29. The van der Waals surface area contributed by atoms with Crippen LogP contribution in [-0.2, 0) is 4.74 Å². The van der Waals surface area contributed by atoms with E-state index in [2.05, 4.69) is 0 Å². The second-order valence-electron chi connectivity index (χ2n) is 8.32. The minimum Gasteiger partial charge on any atom is -0.465 e. The van der Waals surface area contributed by atoms with Crippen molar-refractivity contribution in [1.29, 1.82) is 0 Å². The van der Waals surface area contributed by atoms with Crippen LogP contribution < -0.4 is 0 Å². The van der Waals surface area contributed by atoms with Gasteiger partial charge in [-0.2, -0.15) is 0 Å². The topological polar surface area (TPSA) is 56.5 Å². The summed E-state index contributed by atoms with van der Waals surface area (Å²) in [6.45, 7) is 1.49. The molecular weight excluding hydrogens is 462 g/mol. The van der Waals surface area contributed by atoms with E-state index in [1.54, 1.807) is 30.3 Å². The first-order chi connectivity index (χ1) is 17.4. The van der Waals surface area contributed by atoms with Crippen molar-refractivity contribution in [2.24, 2.45) is 0 Å². The summed E-state index contributed by atoms with van der Waals surface area (Å²) in [5.74, 6) is -1.68. The number of methoxy groups -OCH3 is 1. The van der Waals surface area contributed by atoms with E-state index in [4.69, 9.17) is 9.15 Å². The SMILES string of the molecule is COC(=O)c1cc(-c2ccc(F)cc2F)cc2c(-c3ccc(C(C)=O)cc3)c(-c3ccccc3)oc12. The third kappa shape index (κ3) is 4.07. The first-order valence-corrected chi connectivity index (χ1v) is 11.2. The molecule has 0 unspecified atom stereocenters. The van der Waals surface area contributed by atoms with Crippen LogP contribution in [0.1, 0.15) is 27.6 Å². The molecule has 0 radical (unpaired) electrons. The second-order valence-corrected chi connectivity index (χ2v) is 8.32. The Kier molecular flexibility index (Phi) is 5.94. The molecule has 5 aromatic rings. The van der Waals surface area contributed by atoms with Gasteiger partial charge in [0.2, 0.25) is 0 Å². The number of esters is 1. The van der Waals surface area contributed by atoms with E-state index < -0.39 is 17.6 Å². The Morgan fingerprint density at radius 2 is 1.53 bits per heavy atom. The molecule has 0 atom stereocenters. The Morgan fingerprint density at radius 3 is 2.17 bits per heavy atom. The van der Waals surface area contributed by atoms with Gasteiger partial charge in [-0.05, 0) is 42.3 Å². The largest absolute Gasteiger partial charge is 0.465 e. The number of Topliss-reactive ketones (excluding diaryl/α,β-unsaturated/α-hetero) is 1. The molecule has 178 valence electrons. The van der Waals surface area contributed by atoms with Gasteiger partial charge in [0.25, 0.3) is 0 Å². The first kappa shape index (κ1) is 23.2. The van der Waals surface area contributed by atoms with Crippen molar-refractivity contribution >= 4 is 22.7 Å². The van der Waals surface area contributed by atoms with E-state index in [-0.39, 0.29) is 22.5 Å². The van der Waals surface area contributed by atoms with E-state index in [1.165, 1.54) is 26.2 Å². The number of benzene rings is 4. The number of carbonyl (C=O) groups is 2. The first-order valence-electron chi connectivity index (χ1n) is 11.2. The van der Waals surface area contributed by atoms with Gasteiger partial charge in [0, 0.05) is 33.7 Å². The highest BCUT2D eigenvalue weighted by atomic mass is 19.1. The van der Waals surface area contributed by atoms with Crippen LogP contribution in [0.3, 0.4) is 0 Å². The zero-order valence-corrected chi connectivity index (χ0v) is 19.5. The number of hydrogen-bond donors (Lipinski definition) is 0. The van der Waals surface area contributed by atoms with Gasteiger partial charge in [0.1, 0.15) is 28.5 Å². The van der Waals surface area contributed by atoms with E-state index in [0.29, 0.717) is 27.8 Å². The Morgan fingerprint density at radius 1 is 0.806 bits per heavy atom. The van der Waals surface area contributed by atoms with Gasteiger partial charge in [-0.25, -0.2) is 13.6 Å². The summed E-state index contributed by atoms with van der Waals surface area (Å²) in [6.07, 6.45) is 0. The summed E-state index contributed by atoms with van der Waals surface area (Å²) >= 11 is 0. The van der Waals surface area contributed by atoms with Gasteiger partial charge in [-0.1, -0.05) is 54.6 Å². The summed E-state index contributed by atoms with van der Waals surface area (Å²) in [5.41, 5.74) is 3.61. The van der Waals surface area contributed by atoms with Crippen molar-refractivity contribution in [3.63, 3.8) is 0 Å². The smallest absolute Gasteiger partial charge is 0.341 e. The number of hydrogen-bond acceptors (Lipinski definition) is 4. The molecule has 0 N–H and O–H groups in total. The van der Waals surface area contributed by atoms with Crippen molar-refractivity contribution in [2.45, 2.75) is 6.92 Å². The molecule has 4 aromatic carbocycles. The number of furan rings is 1. The summed E-state index contributed by atoms with van der Waals surface area (Å²) < 4.78 is 39.6. The highest BCUT2D eigenvalue weighted by Crippen LogP contribution is 2.44. The fourth-order valence-corrected chi connectivity index (χ4v) is 4.29. The number of halogens is 2. The van der Waals surface area contributed by atoms with Gasteiger partial charge in [-0.3, -0.25) is 4.79 Å². The maximum atomic E-state index is 14.8. The molecule has 0 amide bonds. The van der Waals surface area contributed by atoms with Crippen LogP contribution in [0, 0.1) is 11.6 Å². The van der Waals surface area contributed by atoms with Crippen LogP contribution in [-0.4, -0.2) is 18.9 Å². The zero-order valence-electron chi connectivity index (χ0n) is 19.5. The molecule has 0 aliphatic carbocycles. The predicted octanol–water partition coefficient (Wildman–Crippen LogP) is 7.70. The van der Waals surface area contributed by atoms with Gasteiger partial charge in [0.15, 0.2) is 5.78 Å². The van der Waals surface area contributed by atoms with Crippen LogP contribution in [0.4, 0.5) is 8.78 Å². The lowest BCUT2D eigenvalue weighted by Crippen LogP contribution is -2.02. The van der Waals surface area contributed by atoms with Crippen LogP contribution in [0.25, 0.3) is 44.5 Å². The second kappa shape index (κ2) is 9.23. The number of carbonyl (C=O) groups excluding carboxylic acids is 2. The summed E-state index contributed by atoms with van der Waals surface area (Å²) in [7, 11) is 1.25. The van der Waals surface area contributed by atoms with Crippen molar-refractivity contribution in [1.82, 2.24) is 0 Å². The maximum absolute atomic E-state index is 14.8. The van der Waals surface area contributed by atoms with Crippen LogP contribution in [0.2, 0.25) is 0 Å². The molecule has 0 saturated heterocycles. The Hall–Kier alpha value is -4.58. The quantitative estimate of drug-likeness (QED) is 0.190. The Bertz CT molecular complexity index is 1620. The lowest BCUT2D eigenvalue weighted by atomic mass is 9.93. The van der Waals surface area contributed by atoms with Crippen molar-refractivity contribution in [2.75, 3.05) is 7.11 Å². The molecule has 0 bridgehead atoms. The molecule has 6 heteroatoms. The van der Waals surface area contributed by atoms with Gasteiger partial charge >= 0.3 is 5.97 Å². The van der Waals surface area contributed by atoms with Crippen LogP contribution in [0.15, 0.2) is 89.3 Å². The van der Waals surface area contributed by atoms with Gasteiger partial charge in [0.05, 0.1) is 7.11 Å². The lowest BCUT2D eigenvalue weighted by molar-refractivity contribution is 0.0601. The Labute approximate surface area is 205 Å². The summed E-state index contributed by atoms with van der Waals surface area (Å²) in [6, 6.07) is 22.9. The molecule has 1 aromatic heterocycles. The fraction of sp³-hybridized carbons (Fsp3) is 0.0667. The van der Waals surface area contributed by atoms with E-state index in [1.807, 2.05) is 30.3 Å². The average molecular weight is 482 g/mol. The van der Waals surface area contributed by atoms with Gasteiger partial charge < -0.3 is 9.15 Å². The standard InChI is InChI=1S/C30H20F2O4/c1-17(33)18-8-10-19(11-9-18)27-24-14-21(23-13-12-22(31)16-26(23)32)15-25(30(34)35-2)29(24)36-28(27)20-6-4-3-5-7-20/h3-16H,1-2H3. The number of ether oxygens (including phenoxy) is 1. The molecular formula is C30H20F2O4. The van der Waals surface area contributed by atoms with Crippen LogP contribution in [0.5, 0.6) is 0 Å². The molecule has 0 saturated carbocycles.